The molecule has 0 aliphatic carbocycles. The van der Waals surface area contributed by atoms with Gasteiger partial charge in [0.25, 0.3) is 0 Å². The van der Waals surface area contributed by atoms with Crippen LogP contribution >= 0.6 is 0 Å². The van der Waals surface area contributed by atoms with Gasteiger partial charge < -0.3 is 10.3 Å². The summed E-state index contributed by atoms with van der Waals surface area (Å²) >= 11 is 0. The second kappa shape index (κ2) is 3.37. The maximum absolute atomic E-state index is 11.0. The Bertz CT molecular complexity index is 382. The van der Waals surface area contributed by atoms with Crippen LogP contribution in [0.3, 0.4) is 0 Å². The van der Waals surface area contributed by atoms with Crippen molar-refractivity contribution in [3.05, 3.63) is 12.4 Å². The molecule has 0 spiro atoms. The molecule has 0 amide bonds. The molecule has 1 unspecified atom stereocenters. The molecule has 0 aliphatic rings. The third kappa shape index (κ3) is 2.73. The highest BCUT2D eigenvalue weighted by Gasteiger charge is 2.13. The minimum Gasteiger partial charge on any atom is -0.369 e. The second-order valence-electron chi connectivity index (χ2n) is 3.13. The zero-order valence-corrected chi connectivity index (χ0v) is 8.45. The highest BCUT2D eigenvalue weighted by molar-refractivity contribution is 7.90. The van der Waals surface area contributed by atoms with E-state index in [0.717, 1.165) is 0 Å². The minimum absolute atomic E-state index is 0.0769. The van der Waals surface area contributed by atoms with Gasteiger partial charge in [-0.2, -0.15) is 0 Å². The summed E-state index contributed by atoms with van der Waals surface area (Å²) in [6, 6.07) is -0.169. The molecule has 1 aromatic rings. The summed E-state index contributed by atoms with van der Waals surface area (Å²) in [6.07, 6.45) is 4.43. The normalized spacial score (nSPS) is 14.3. The van der Waals surface area contributed by atoms with E-state index in [0.29, 0.717) is 5.95 Å². The molecule has 6 heteroatoms. The smallest absolute Gasteiger partial charge is 0.200 e. The maximum Gasteiger partial charge on any atom is 0.200 e. The van der Waals surface area contributed by atoms with E-state index in [9.17, 15) is 8.42 Å². The van der Waals surface area contributed by atoms with E-state index in [1.807, 2.05) is 0 Å². The summed E-state index contributed by atoms with van der Waals surface area (Å²) in [5, 5.41) is 0. The molecule has 0 saturated heterocycles. The van der Waals surface area contributed by atoms with E-state index in [1.54, 1.807) is 23.9 Å². The molecule has 0 saturated carbocycles. The van der Waals surface area contributed by atoms with Crippen molar-refractivity contribution >= 4 is 15.8 Å². The number of nitrogens with two attached hydrogens (primary N) is 1. The zero-order chi connectivity index (χ0) is 10.1. The van der Waals surface area contributed by atoms with Crippen LogP contribution in [-0.2, 0) is 9.84 Å². The molecule has 74 valence electrons. The maximum atomic E-state index is 11.0. The van der Waals surface area contributed by atoms with Crippen LogP contribution in [0.25, 0.3) is 0 Å². The van der Waals surface area contributed by atoms with Gasteiger partial charge >= 0.3 is 0 Å². The summed E-state index contributed by atoms with van der Waals surface area (Å²) in [6.45, 7) is 1.79. The molecule has 1 atom stereocenters. The van der Waals surface area contributed by atoms with Crippen molar-refractivity contribution in [3.63, 3.8) is 0 Å². The Hall–Kier alpha value is -1.04. The van der Waals surface area contributed by atoms with Crippen LogP contribution in [0.2, 0.25) is 0 Å². The van der Waals surface area contributed by atoms with Gasteiger partial charge in [0.2, 0.25) is 0 Å². The predicted molar refractivity (Wildman–Crippen MR) is 51.1 cm³/mol. The van der Waals surface area contributed by atoms with Crippen LogP contribution in [0.5, 0.6) is 0 Å². The fourth-order valence-electron chi connectivity index (χ4n) is 1.22. The molecular formula is C7H13N3O2S. The third-order valence-corrected chi connectivity index (χ3v) is 2.81. The Morgan fingerprint density at radius 3 is 2.69 bits per heavy atom. The van der Waals surface area contributed by atoms with Gasteiger partial charge in [0.15, 0.2) is 5.95 Å². The van der Waals surface area contributed by atoms with Crippen molar-refractivity contribution in [1.82, 2.24) is 9.55 Å². The number of anilines is 1. The van der Waals surface area contributed by atoms with E-state index in [2.05, 4.69) is 4.98 Å². The highest BCUT2D eigenvalue weighted by Crippen LogP contribution is 2.12. The lowest BCUT2D eigenvalue weighted by Crippen LogP contribution is -2.17. The van der Waals surface area contributed by atoms with E-state index in [1.165, 1.54) is 6.26 Å². The molecular weight excluding hydrogens is 190 g/mol. The molecule has 1 heterocycles. The number of hydrogen-bond acceptors (Lipinski definition) is 4. The van der Waals surface area contributed by atoms with Gasteiger partial charge in [0.05, 0.1) is 5.75 Å². The summed E-state index contributed by atoms with van der Waals surface area (Å²) in [5.41, 5.74) is 5.52. The van der Waals surface area contributed by atoms with Gasteiger partial charge in [-0.3, -0.25) is 0 Å². The molecule has 0 fully saturated rings. The van der Waals surface area contributed by atoms with Gasteiger partial charge in [0, 0.05) is 24.7 Å². The van der Waals surface area contributed by atoms with Crippen molar-refractivity contribution in [2.24, 2.45) is 0 Å². The summed E-state index contributed by atoms with van der Waals surface area (Å²) < 4.78 is 23.6. The van der Waals surface area contributed by atoms with Gasteiger partial charge in [-0.05, 0) is 6.92 Å². The van der Waals surface area contributed by atoms with Crippen LogP contribution in [0.4, 0.5) is 5.95 Å². The molecule has 1 aromatic heterocycles. The van der Waals surface area contributed by atoms with Crippen molar-refractivity contribution < 1.29 is 8.42 Å². The van der Waals surface area contributed by atoms with Crippen molar-refractivity contribution in [1.29, 1.82) is 0 Å². The molecule has 5 nitrogen and oxygen atoms in total. The topological polar surface area (TPSA) is 78.0 Å². The number of hydrogen-bond donors (Lipinski definition) is 1. The highest BCUT2D eigenvalue weighted by atomic mass is 32.2. The van der Waals surface area contributed by atoms with Gasteiger partial charge in [0.1, 0.15) is 9.84 Å². The fraction of sp³-hybridized carbons (Fsp3) is 0.571. The summed E-state index contributed by atoms with van der Waals surface area (Å²) in [5.74, 6) is 0.421. The van der Waals surface area contributed by atoms with Crippen LogP contribution in [0.1, 0.15) is 13.0 Å². The molecule has 13 heavy (non-hydrogen) atoms. The zero-order valence-electron chi connectivity index (χ0n) is 7.64. The standard InChI is InChI=1S/C7H13N3O2S/c1-6(5-13(2,11)12)10-4-3-9-7(10)8/h3-4,6H,5H2,1-2H3,(H2,8,9). The first kappa shape index (κ1) is 10.0. The Balaban J connectivity index is 2.81. The van der Waals surface area contributed by atoms with E-state index < -0.39 is 9.84 Å². The Morgan fingerprint density at radius 1 is 1.69 bits per heavy atom. The lowest BCUT2D eigenvalue weighted by molar-refractivity contribution is 0.565. The number of imidazole rings is 1. The number of nitrogens with zero attached hydrogens (tertiary/aromatic N) is 2. The molecule has 0 radical (unpaired) electrons. The average Bonchev–Trinajstić information content (AvgIpc) is 2.30. The SMILES string of the molecule is CC(CS(C)(=O)=O)n1ccnc1N. The van der Waals surface area contributed by atoms with Crippen LogP contribution in [0.15, 0.2) is 12.4 Å². The average molecular weight is 203 g/mol. The molecule has 1 rings (SSSR count). The monoisotopic (exact) mass is 203 g/mol. The van der Waals surface area contributed by atoms with Crippen LogP contribution in [-0.4, -0.2) is 30.0 Å². The van der Waals surface area contributed by atoms with Gasteiger partial charge in [-0.15, -0.1) is 0 Å². The third-order valence-electron chi connectivity index (χ3n) is 1.72. The number of nitrogen functional groups attached to an aromatic ring is 1. The molecule has 0 aliphatic heterocycles. The predicted octanol–water partition coefficient (Wildman–Crippen LogP) is 0.0709. The van der Waals surface area contributed by atoms with Gasteiger partial charge in [-0.25, -0.2) is 13.4 Å². The Morgan fingerprint density at radius 2 is 2.31 bits per heavy atom. The van der Waals surface area contributed by atoms with E-state index >= 15 is 0 Å². The minimum atomic E-state index is -2.97. The summed E-state index contributed by atoms with van der Waals surface area (Å²) in [4.78, 5) is 3.81. The van der Waals surface area contributed by atoms with Crippen LogP contribution < -0.4 is 5.73 Å². The first-order valence-electron chi connectivity index (χ1n) is 3.86. The number of rotatable bonds is 3. The largest absolute Gasteiger partial charge is 0.369 e. The number of aromatic nitrogens is 2. The van der Waals surface area contributed by atoms with E-state index in [-0.39, 0.29) is 11.8 Å². The Labute approximate surface area is 77.5 Å². The molecule has 2 N–H and O–H groups in total. The van der Waals surface area contributed by atoms with E-state index in [4.69, 9.17) is 5.73 Å². The van der Waals surface area contributed by atoms with Crippen LogP contribution in [0, 0.1) is 0 Å². The second-order valence-corrected chi connectivity index (χ2v) is 5.32. The lowest BCUT2D eigenvalue weighted by Gasteiger charge is -2.12. The molecule has 0 bridgehead atoms. The summed E-state index contributed by atoms with van der Waals surface area (Å²) in [7, 11) is -2.97. The lowest BCUT2D eigenvalue weighted by atomic mass is 10.4. The van der Waals surface area contributed by atoms with Gasteiger partial charge in [-0.1, -0.05) is 0 Å². The van der Waals surface area contributed by atoms with Crippen molar-refractivity contribution in [2.45, 2.75) is 13.0 Å². The first-order valence-corrected chi connectivity index (χ1v) is 5.92. The van der Waals surface area contributed by atoms with Crippen molar-refractivity contribution in [3.8, 4) is 0 Å². The number of sulfone groups is 1. The quantitative estimate of drug-likeness (QED) is 0.754. The van der Waals surface area contributed by atoms with Crippen molar-refractivity contribution in [2.75, 3.05) is 17.7 Å². The first-order chi connectivity index (χ1) is 5.90. The fourth-order valence-corrected chi connectivity index (χ4v) is 2.25. The molecule has 0 aromatic carbocycles. The Kier molecular flexibility index (Phi) is 2.60.